The number of benzene rings is 2. The summed E-state index contributed by atoms with van der Waals surface area (Å²) in [5.74, 6) is -1.03. The normalized spacial score (nSPS) is 10.4. The number of hydrogen-bond donors (Lipinski definition) is 1. The molecule has 0 spiro atoms. The minimum Gasteiger partial charge on any atom is -0.484 e. The highest BCUT2D eigenvalue weighted by Gasteiger charge is 2.09. The van der Waals surface area contributed by atoms with E-state index in [0.29, 0.717) is 5.56 Å². The van der Waals surface area contributed by atoms with Crippen molar-refractivity contribution in [2.24, 2.45) is 0 Å². The van der Waals surface area contributed by atoms with E-state index in [4.69, 9.17) is 10.5 Å². The van der Waals surface area contributed by atoms with Gasteiger partial charge in [0.2, 0.25) is 0 Å². The molecule has 2 aromatic carbocycles. The number of halogens is 3. The quantitative estimate of drug-likeness (QED) is 0.873. The molecular formula is C13H10BrF2NO. The van der Waals surface area contributed by atoms with Crippen molar-refractivity contribution in [3.8, 4) is 5.75 Å². The average Bonchev–Trinajstić information content (AvgIpc) is 2.33. The van der Waals surface area contributed by atoms with Crippen LogP contribution in [-0.4, -0.2) is 0 Å². The van der Waals surface area contributed by atoms with Crippen LogP contribution < -0.4 is 10.5 Å². The number of nitrogens with two attached hydrogens (primary N) is 1. The van der Waals surface area contributed by atoms with E-state index < -0.39 is 11.6 Å². The van der Waals surface area contributed by atoms with Crippen LogP contribution >= 0.6 is 15.9 Å². The van der Waals surface area contributed by atoms with E-state index in [2.05, 4.69) is 15.9 Å². The van der Waals surface area contributed by atoms with Crippen LogP contribution in [0.15, 0.2) is 40.9 Å². The summed E-state index contributed by atoms with van der Waals surface area (Å²) >= 11 is 3.23. The Labute approximate surface area is 112 Å². The van der Waals surface area contributed by atoms with Crippen molar-refractivity contribution in [3.05, 3.63) is 58.1 Å². The molecule has 0 saturated heterocycles. The number of para-hydroxylation sites is 1. The highest BCUT2D eigenvalue weighted by molar-refractivity contribution is 9.10. The summed E-state index contributed by atoms with van der Waals surface area (Å²) in [6, 6.07) is 8.71. The smallest absolute Gasteiger partial charge is 0.178 e. The SMILES string of the molecule is Nc1cccc(F)c1OCc1cc(Br)ccc1F. The van der Waals surface area contributed by atoms with Crippen molar-refractivity contribution < 1.29 is 13.5 Å². The molecule has 2 rings (SSSR count). The lowest BCUT2D eigenvalue weighted by Gasteiger charge is -2.10. The molecule has 94 valence electrons. The Bertz CT molecular complexity index is 555. The molecule has 0 atom stereocenters. The van der Waals surface area contributed by atoms with Crippen LogP contribution in [0.5, 0.6) is 5.75 Å². The number of anilines is 1. The minimum absolute atomic E-state index is 0.0584. The van der Waals surface area contributed by atoms with E-state index >= 15 is 0 Å². The Kier molecular flexibility index (Phi) is 3.81. The first-order valence-corrected chi connectivity index (χ1v) is 5.98. The third kappa shape index (κ3) is 2.79. The van der Waals surface area contributed by atoms with Crippen molar-refractivity contribution in [3.63, 3.8) is 0 Å². The Morgan fingerprint density at radius 1 is 1.11 bits per heavy atom. The summed E-state index contributed by atoms with van der Waals surface area (Å²) in [5.41, 5.74) is 6.10. The Morgan fingerprint density at radius 3 is 2.61 bits per heavy atom. The van der Waals surface area contributed by atoms with Crippen molar-refractivity contribution in [2.45, 2.75) is 6.61 Å². The standard InChI is InChI=1S/C13H10BrF2NO/c14-9-4-5-10(15)8(6-9)7-18-13-11(16)2-1-3-12(13)17/h1-6H,7,17H2. The van der Waals surface area contributed by atoms with E-state index in [1.165, 1.54) is 24.3 Å². The molecular weight excluding hydrogens is 304 g/mol. The molecule has 0 amide bonds. The fraction of sp³-hybridized carbons (Fsp3) is 0.0769. The molecule has 5 heteroatoms. The van der Waals surface area contributed by atoms with Crippen LogP contribution in [0.2, 0.25) is 0 Å². The van der Waals surface area contributed by atoms with Crippen molar-refractivity contribution in [2.75, 3.05) is 5.73 Å². The fourth-order valence-corrected chi connectivity index (χ4v) is 1.89. The molecule has 0 aliphatic carbocycles. The van der Waals surface area contributed by atoms with E-state index in [1.807, 2.05) is 0 Å². The van der Waals surface area contributed by atoms with Crippen LogP contribution in [-0.2, 0) is 6.61 Å². The van der Waals surface area contributed by atoms with Crippen molar-refractivity contribution in [1.82, 2.24) is 0 Å². The molecule has 2 aromatic rings. The third-order valence-electron chi connectivity index (χ3n) is 2.38. The zero-order chi connectivity index (χ0) is 13.1. The highest BCUT2D eigenvalue weighted by Crippen LogP contribution is 2.26. The van der Waals surface area contributed by atoms with Crippen LogP contribution in [0.4, 0.5) is 14.5 Å². The summed E-state index contributed by atoms with van der Waals surface area (Å²) in [7, 11) is 0. The molecule has 0 fully saturated rings. The number of ether oxygens (including phenoxy) is 1. The zero-order valence-electron chi connectivity index (χ0n) is 9.29. The van der Waals surface area contributed by atoms with E-state index in [1.54, 1.807) is 12.1 Å². The van der Waals surface area contributed by atoms with Gasteiger partial charge in [-0.25, -0.2) is 8.78 Å². The zero-order valence-corrected chi connectivity index (χ0v) is 10.9. The molecule has 18 heavy (non-hydrogen) atoms. The fourth-order valence-electron chi connectivity index (χ4n) is 1.48. The molecule has 0 saturated carbocycles. The molecule has 0 aromatic heterocycles. The number of rotatable bonds is 3. The summed E-state index contributed by atoms with van der Waals surface area (Å²) in [6.07, 6.45) is 0. The molecule has 0 aliphatic heterocycles. The predicted octanol–water partition coefficient (Wildman–Crippen LogP) is 3.89. The summed E-state index contributed by atoms with van der Waals surface area (Å²) in [5, 5.41) is 0. The summed E-state index contributed by atoms with van der Waals surface area (Å²) in [6.45, 7) is -0.0869. The first-order valence-electron chi connectivity index (χ1n) is 5.18. The van der Waals surface area contributed by atoms with Gasteiger partial charge in [0.05, 0.1) is 5.69 Å². The average molecular weight is 314 g/mol. The molecule has 0 bridgehead atoms. The van der Waals surface area contributed by atoms with Gasteiger partial charge >= 0.3 is 0 Å². The van der Waals surface area contributed by atoms with Gasteiger partial charge in [-0.3, -0.25) is 0 Å². The molecule has 0 unspecified atom stereocenters. The lowest BCUT2D eigenvalue weighted by atomic mass is 10.2. The maximum absolute atomic E-state index is 13.4. The van der Waals surface area contributed by atoms with Gasteiger partial charge in [-0.15, -0.1) is 0 Å². The summed E-state index contributed by atoms with van der Waals surface area (Å²) < 4.78 is 32.8. The van der Waals surface area contributed by atoms with Crippen LogP contribution in [0.1, 0.15) is 5.56 Å². The largest absolute Gasteiger partial charge is 0.484 e. The van der Waals surface area contributed by atoms with Gasteiger partial charge in [-0.05, 0) is 30.3 Å². The van der Waals surface area contributed by atoms with Gasteiger partial charge in [-0.2, -0.15) is 0 Å². The van der Waals surface area contributed by atoms with E-state index in [9.17, 15) is 8.78 Å². The molecule has 0 aliphatic rings. The predicted molar refractivity (Wildman–Crippen MR) is 69.2 cm³/mol. The Hall–Kier alpha value is -1.62. The summed E-state index contributed by atoms with van der Waals surface area (Å²) in [4.78, 5) is 0. The first-order chi connectivity index (χ1) is 8.58. The highest BCUT2D eigenvalue weighted by atomic mass is 79.9. The second-order valence-corrected chi connectivity index (χ2v) is 4.60. The minimum atomic E-state index is -0.564. The second kappa shape index (κ2) is 5.35. The van der Waals surface area contributed by atoms with Crippen LogP contribution in [0.25, 0.3) is 0 Å². The number of hydrogen-bond acceptors (Lipinski definition) is 2. The number of nitrogen functional groups attached to an aromatic ring is 1. The second-order valence-electron chi connectivity index (χ2n) is 3.68. The molecule has 0 heterocycles. The molecule has 0 radical (unpaired) electrons. The van der Waals surface area contributed by atoms with Gasteiger partial charge in [-0.1, -0.05) is 22.0 Å². The first kappa shape index (κ1) is 12.8. The Morgan fingerprint density at radius 2 is 1.89 bits per heavy atom. The molecule has 2 nitrogen and oxygen atoms in total. The van der Waals surface area contributed by atoms with Crippen LogP contribution in [0.3, 0.4) is 0 Å². The monoisotopic (exact) mass is 313 g/mol. The van der Waals surface area contributed by atoms with Gasteiger partial charge in [0, 0.05) is 10.0 Å². The molecule has 2 N–H and O–H groups in total. The van der Waals surface area contributed by atoms with Gasteiger partial charge < -0.3 is 10.5 Å². The van der Waals surface area contributed by atoms with Gasteiger partial charge in [0.25, 0.3) is 0 Å². The van der Waals surface area contributed by atoms with Crippen molar-refractivity contribution >= 4 is 21.6 Å². The maximum Gasteiger partial charge on any atom is 0.178 e. The maximum atomic E-state index is 13.4. The van der Waals surface area contributed by atoms with Gasteiger partial charge in [0.15, 0.2) is 11.6 Å². The lowest BCUT2D eigenvalue weighted by molar-refractivity contribution is 0.286. The van der Waals surface area contributed by atoms with E-state index in [-0.39, 0.29) is 18.0 Å². The lowest BCUT2D eigenvalue weighted by Crippen LogP contribution is -2.02. The topological polar surface area (TPSA) is 35.2 Å². The Balaban J connectivity index is 2.19. The van der Waals surface area contributed by atoms with E-state index in [0.717, 1.165) is 4.47 Å². The van der Waals surface area contributed by atoms with Crippen LogP contribution in [0, 0.1) is 11.6 Å². The third-order valence-corrected chi connectivity index (χ3v) is 2.87. The van der Waals surface area contributed by atoms with Crippen molar-refractivity contribution in [1.29, 1.82) is 0 Å². The van der Waals surface area contributed by atoms with Gasteiger partial charge in [0.1, 0.15) is 12.4 Å².